The Morgan fingerprint density at radius 1 is 1.35 bits per heavy atom. The zero-order valence-electron chi connectivity index (χ0n) is 11.4. The number of hydrogen-bond donors (Lipinski definition) is 1. The summed E-state index contributed by atoms with van der Waals surface area (Å²) >= 11 is 5.66. The Balaban J connectivity index is 1.94. The largest absolute Gasteiger partial charge is 0.451 e. The monoisotopic (exact) mass is 336 g/mol. The first-order valence-corrected chi connectivity index (χ1v) is 6.52. The lowest BCUT2D eigenvalue weighted by atomic mass is 10.3. The van der Waals surface area contributed by atoms with Gasteiger partial charge >= 0.3 is 5.97 Å². The standard InChI is InChI=1S/C13H9ClN4O5/c14-9-2-1-8(5-11(9)18(21)22)17-12(19)7-23-13(20)10-6-15-3-4-16-10/h1-6H,7H2,(H,17,19). The van der Waals surface area contributed by atoms with E-state index in [0.29, 0.717) is 0 Å². The van der Waals surface area contributed by atoms with Crippen molar-refractivity contribution in [3.05, 3.63) is 57.6 Å². The number of aromatic nitrogens is 2. The van der Waals surface area contributed by atoms with E-state index in [9.17, 15) is 19.7 Å². The van der Waals surface area contributed by atoms with Crippen molar-refractivity contribution in [1.82, 2.24) is 9.97 Å². The molecule has 1 heterocycles. The summed E-state index contributed by atoms with van der Waals surface area (Å²) in [7, 11) is 0. The van der Waals surface area contributed by atoms with Crippen LogP contribution in [0.1, 0.15) is 10.5 Å². The molecule has 0 aliphatic heterocycles. The van der Waals surface area contributed by atoms with Gasteiger partial charge in [-0.15, -0.1) is 0 Å². The molecule has 1 aromatic heterocycles. The van der Waals surface area contributed by atoms with Crippen molar-refractivity contribution in [1.29, 1.82) is 0 Å². The summed E-state index contributed by atoms with van der Waals surface area (Å²) in [6.07, 6.45) is 3.89. The van der Waals surface area contributed by atoms with Crippen molar-refractivity contribution < 1.29 is 19.2 Å². The topological polar surface area (TPSA) is 124 Å². The highest BCUT2D eigenvalue weighted by Gasteiger charge is 2.15. The smallest absolute Gasteiger partial charge is 0.359 e. The molecular formula is C13H9ClN4O5. The number of nitrogens with one attached hydrogen (secondary N) is 1. The van der Waals surface area contributed by atoms with E-state index in [2.05, 4.69) is 15.3 Å². The molecule has 0 aliphatic carbocycles. The maximum absolute atomic E-state index is 11.7. The van der Waals surface area contributed by atoms with Crippen molar-refractivity contribution in [2.45, 2.75) is 0 Å². The van der Waals surface area contributed by atoms with E-state index < -0.39 is 23.4 Å². The number of hydrogen-bond acceptors (Lipinski definition) is 7. The number of esters is 1. The van der Waals surface area contributed by atoms with E-state index in [1.54, 1.807) is 0 Å². The van der Waals surface area contributed by atoms with Gasteiger partial charge in [0.05, 0.1) is 11.1 Å². The molecule has 0 spiro atoms. The van der Waals surface area contributed by atoms with Gasteiger partial charge in [0.25, 0.3) is 11.6 Å². The van der Waals surface area contributed by atoms with Crippen LogP contribution in [0.3, 0.4) is 0 Å². The van der Waals surface area contributed by atoms with Crippen LogP contribution >= 0.6 is 11.6 Å². The van der Waals surface area contributed by atoms with Gasteiger partial charge in [-0.3, -0.25) is 19.9 Å². The van der Waals surface area contributed by atoms with Crippen LogP contribution in [0.25, 0.3) is 0 Å². The highest BCUT2D eigenvalue weighted by atomic mass is 35.5. The number of ether oxygens (including phenoxy) is 1. The molecule has 1 aromatic carbocycles. The highest BCUT2D eigenvalue weighted by molar-refractivity contribution is 6.32. The number of nitrogens with zero attached hydrogens (tertiary/aromatic N) is 3. The molecule has 0 saturated carbocycles. The van der Waals surface area contributed by atoms with Crippen LogP contribution in [-0.2, 0) is 9.53 Å². The Kier molecular flexibility index (Phi) is 5.15. The third kappa shape index (κ3) is 4.45. The molecule has 2 aromatic rings. The number of amides is 1. The minimum atomic E-state index is -0.810. The second-order valence-corrected chi connectivity index (χ2v) is 4.55. The summed E-state index contributed by atoms with van der Waals surface area (Å²) < 4.78 is 4.75. The molecule has 0 saturated heterocycles. The van der Waals surface area contributed by atoms with Crippen molar-refractivity contribution in [2.75, 3.05) is 11.9 Å². The fourth-order valence-electron chi connectivity index (χ4n) is 1.54. The molecule has 0 unspecified atom stereocenters. The van der Waals surface area contributed by atoms with Gasteiger partial charge in [-0.2, -0.15) is 0 Å². The Hall–Kier alpha value is -3.07. The van der Waals surface area contributed by atoms with Crippen LogP contribution in [0.15, 0.2) is 36.8 Å². The molecule has 10 heteroatoms. The van der Waals surface area contributed by atoms with Crippen molar-refractivity contribution in [3.63, 3.8) is 0 Å². The fraction of sp³-hybridized carbons (Fsp3) is 0.0769. The maximum Gasteiger partial charge on any atom is 0.359 e. The molecule has 1 N–H and O–H groups in total. The van der Waals surface area contributed by atoms with Gasteiger partial charge in [-0.1, -0.05) is 11.6 Å². The summed E-state index contributed by atoms with van der Waals surface area (Å²) in [5.74, 6) is -1.48. The van der Waals surface area contributed by atoms with E-state index >= 15 is 0 Å². The van der Waals surface area contributed by atoms with Crippen LogP contribution in [0.5, 0.6) is 0 Å². The number of benzene rings is 1. The molecule has 0 bridgehead atoms. The summed E-state index contributed by atoms with van der Waals surface area (Å²) in [4.78, 5) is 40.8. The van der Waals surface area contributed by atoms with E-state index in [1.165, 1.54) is 30.7 Å². The Morgan fingerprint density at radius 3 is 2.78 bits per heavy atom. The maximum atomic E-state index is 11.7. The van der Waals surface area contributed by atoms with Crippen LogP contribution in [0, 0.1) is 10.1 Å². The minimum absolute atomic E-state index is 0.0394. The average Bonchev–Trinajstić information content (AvgIpc) is 2.55. The third-order valence-corrected chi connectivity index (χ3v) is 2.85. The number of anilines is 1. The second-order valence-electron chi connectivity index (χ2n) is 4.14. The van der Waals surface area contributed by atoms with E-state index in [1.807, 2.05) is 0 Å². The molecule has 23 heavy (non-hydrogen) atoms. The molecule has 9 nitrogen and oxygen atoms in total. The normalized spacial score (nSPS) is 9.96. The number of rotatable bonds is 5. The number of carbonyl (C=O) groups is 2. The lowest BCUT2D eigenvalue weighted by Crippen LogP contribution is -2.21. The van der Waals surface area contributed by atoms with Crippen molar-refractivity contribution in [2.24, 2.45) is 0 Å². The van der Waals surface area contributed by atoms with Crippen LogP contribution in [0.2, 0.25) is 5.02 Å². The summed E-state index contributed by atoms with van der Waals surface area (Å²) in [6, 6.07) is 3.77. The molecule has 0 fully saturated rings. The molecule has 118 valence electrons. The number of nitro groups is 1. The average molecular weight is 337 g/mol. The predicted octanol–water partition coefficient (Wildman–Crippen LogP) is 1.83. The fourth-order valence-corrected chi connectivity index (χ4v) is 1.72. The zero-order chi connectivity index (χ0) is 16.8. The zero-order valence-corrected chi connectivity index (χ0v) is 12.2. The molecule has 1 amide bonds. The van der Waals surface area contributed by atoms with E-state index in [4.69, 9.17) is 16.3 Å². The van der Waals surface area contributed by atoms with Gasteiger partial charge in [0.15, 0.2) is 12.3 Å². The van der Waals surface area contributed by atoms with Crippen molar-refractivity contribution >= 4 is 34.9 Å². The summed E-state index contributed by atoms with van der Waals surface area (Å²) in [5, 5.41) is 13.1. The van der Waals surface area contributed by atoms with Crippen LogP contribution in [0.4, 0.5) is 11.4 Å². The van der Waals surface area contributed by atoms with Crippen molar-refractivity contribution in [3.8, 4) is 0 Å². The number of carbonyl (C=O) groups excluding carboxylic acids is 2. The first kappa shape index (κ1) is 16.3. The first-order chi connectivity index (χ1) is 11.0. The number of halogens is 1. The summed E-state index contributed by atoms with van der Waals surface area (Å²) in [6.45, 7) is -0.578. The van der Waals surface area contributed by atoms with Gasteiger partial charge in [-0.25, -0.2) is 9.78 Å². The molecule has 0 aliphatic rings. The number of nitro benzene ring substituents is 1. The first-order valence-electron chi connectivity index (χ1n) is 6.14. The van der Waals surface area contributed by atoms with Crippen LogP contribution in [-0.4, -0.2) is 33.4 Å². The SMILES string of the molecule is O=C(COC(=O)c1cnccn1)Nc1ccc(Cl)c([N+](=O)[O-])c1. The predicted molar refractivity (Wildman–Crippen MR) is 79.1 cm³/mol. The van der Waals surface area contributed by atoms with Gasteiger partial charge in [0.1, 0.15) is 5.02 Å². The quantitative estimate of drug-likeness (QED) is 0.501. The minimum Gasteiger partial charge on any atom is -0.451 e. The second kappa shape index (κ2) is 7.27. The van der Waals surface area contributed by atoms with E-state index in [-0.39, 0.29) is 22.1 Å². The summed E-state index contributed by atoms with van der Waals surface area (Å²) in [5.41, 5.74) is -0.231. The highest BCUT2D eigenvalue weighted by Crippen LogP contribution is 2.27. The molecular weight excluding hydrogens is 328 g/mol. The van der Waals surface area contributed by atoms with Gasteiger partial charge < -0.3 is 10.1 Å². The van der Waals surface area contributed by atoms with E-state index in [0.717, 1.165) is 6.07 Å². The Morgan fingerprint density at radius 2 is 2.13 bits per heavy atom. The van der Waals surface area contributed by atoms with Gasteiger partial charge in [0.2, 0.25) is 0 Å². The van der Waals surface area contributed by atoms with Gasteiger partial charge in [0, 0.05) is 24.1 Å². The van der Waals surface area contributed by atoms with Gasteiger partial charge in [-0.05, 0) is 12.1 Å². The lowest BCUT2D eigenvalue weighted by molar-refractivity contribution is -0.384. The molecule has 0 radical (unpaired) electrons. The Bertz CT molecular complexity index is 753. The molecule has 0 atom stereocenters. The third-order valence-electron chi connectivity index (χ3n) is 2.53. The Labute approximate surface area is 134 Å². The van der Waals surface area contributed by atoms with Crippen LogP contribution < -0.4 is 5.32 Å². The lowest BCUT2D eigenvalue weighted by Gasteiger charge is -2.06. The molecule has 2 rings (SSSR count).